The van der Waals surface area contributed by atoms with Crippen molar-refractivity contribution in [1.29, 1.82) is 0 Å². The third kappa shape index (κ3) is 3.99. The van der Waals surface area contributed by atoms with E-state index < -0.39 is 0 Å². The van der Waals surface area contributed by atoms with Crippen LogP contribution >= 0.6 is 0 Å². The number of likely N-dealkylation sites (tertiary alicyclic amines) is 1. The molecule has 2 aliphatic rings. The molecular weight excluding hydrogens is 278 g/mol. The first-order valence-electron chi connectivity index (χ1n) is 8.32. The summed E-state index contributed by atoms with van der Waals surface area (Å²) < 4.78 is 5.81. The fourth-order valence-electron chi connectivity index (χ4n) is 3.34. The average molecular weight is 307 g/mol. The maximum atomic E-state index is 12.2. The summed E-state index contributed by atoms with van der Waals surface area (Å²) >= 11 is 0. The van der Waals surface area contributed by atoms with Crippen molar-refractivity contribution in [1.82, 2.24) is 4.90 Å². The van der Waals surface area contributed by atoms with Gasteiger partial charge < -0.3 is 14.7 Å². The molecule has 1 saturated heterocycles. The minimum Gasteiger partial charge on any atom is -0.394 e. The number of hydrogen-bond donors (Lipinski definition) is 1. The highest BCUT2D eigenvalue weighted by molar-refractivity contribution is 5.96. The maximum Gasteiger partial charge on any atom is 0.160 e. The monoisotopic (exact) mass is 307 g/mol. The first-order valence-corrected chi connectivity index (χ1v) is 8.32. The van der Waals surface area contributed by atoms with Gasteiger partial charge in [0.25, 0.3) is 0 Å². The molecule has 4 heteroatoms. The van der Waals surface area contributed by atoms with Crippen molar-refractivity contribution in [2.45, 2.75) is 58.7 Å². The number of carbonyl (C=O) groups excluding carboxylic acids is 1. The molecule has 1 aliphatic heterocycles. The van der Waals surface area contributed by atoms with Crippen LogP contribution in [0.3, 0.4) is 0 Å². The van der Waals surface area contributed by atoms with E-state index in [1.807, 2.05) is 20.8 Å². The molecule has 2 atom stereocenters. The second-order valence-electron chi connectivity index (χ2n) is 6.76. The number of aliphatic hydroxyl groups is 1. The standard InChI is InChI=1S/C18H29NO3/c1-12(2)15-9-17(14(4)18(21)10-15)19-7-5-16(6-8-19)22-13(3)11-20/h13,15-16,20H,1,5-11H2,2-4H3/t13-,15?/m0/s1. The molecule has 0 bridgehead atoms. The zero-order chi connectivity index (χ0) is 16.3. The summed E-state index contributed by atoms with van der Waals surface area (Å²) in [4.78, 5) is 14.6. The van der Waals surface area contributed by atoms with E-state index in [-0.39, 0.29) is 30.5 Å². The first kappa shape index (κ1) is 17.2. The summed E-state index contributed by atoms with van der Waals surface area (Å²) in [7, 11) is 0. The van der Waals surface area contributed by atoms with Gasteiger partial charge in [-0.2, -0.15) is 0 Å². The molecule has 0 aromatic carbocycles. The van der Waals surface area contributed by atoms with Gasteiger partial charge in [0.1, 0.15) is 0 Å². The van der Waals surface area contributed by atoms with E-state index >= 15 is 0 Å². The maximum absolute atomic E-state index is 12.2. The molecule has 2 rings (SSSR count). The Hall–Kier alpha value is -1.13. The van der Waals surface area contributed by atoms with Gasteiger partial charge in [-0.1, -0.05) is 12.2 Å². The van der Waals surface area contributed by atoms with Crippen molar-refractivity contribution in [2.75, 3.05) is 19.7 Å². The third-order valence-electron chi connectivity index (χ3n) is 4.93. The van der Waals surface area contributed by atoms with Crippen LogP contribution in [0, 0.1) is 5.92 Å². The molecule has 0 saturated carbocycles. The zero-order valence-electron chi connectivity index (χ0n) is 14.1. The highest BCUT2D eigenvalue weighted by Crippen LogP contribution is 2.34. The fourth-order valence-corrected chi connectivity index (χ4v) is 3.34. The van der Waals surface area contributed by atoms with Crippen molar-refractivity contribution >= 4 is 5.78 Å². The third-order valence-corrected chi connectivity index (χ3v) is 4.93. The number of piperidine rings is 1. The Kier molecular flexibility index (Phi) is 5.81. The molecule has 124 valence electrons. The Labute approximate surface area is 133 Å². The first-order chi connectivity index (χ1) is 10.4. The van der Waals surface area contributed by atoms with Crippen LogP contribution in [0.15, 0.2) is 23.4 Å². The van der Waals surface area contributed by atoms with Gasteiger partial charge in [0, 0.05) is 30.8 Å². The molecule has 1 unspecified atom stereocenters. The second kappa shape index (κ2) is 7.42. The summed E-state index contributed by atoms with van der Waals surface area (Å²) in [6.45, 7) is 11.8. The zero-order valence-corrected chi connectivity index (χ0v) is 14.1. The molecule has 0 spiro atoms. The lowest BCUT2D eigenvalue weighted by molar-refractivity contribution is -0.117. The van der Waals surface area contributed by atoms with Crippen molar-refractivity contribution in [3.63, 3.8) is 0 Å². The van der Waals surface area contributed by atoms with Crippen molar-refractivity contribution in [2.24, 2.45) is 5.92 Å². The van der Waals surface area contributed by atoms with Gasteiger partial charge in [0.05, 0.1) is 18.8 Å². The van der Waals surface area contributed by atoms with Crippen LogP contribution in [0.25, 0.3) is 0 Å². The van der Waals surface area contributed by atoms with Crippen LogP contribution in [-0.4, -0.2) is 47.7 Å². The Bertz CT molecular complexity index is 461. The van der Waals surface area contributed by atoms with Gasteiger partial charge >= 0.3 is 0 Å². The molecule has 1 fully saturated rings. The normalized spacial score (nSPS) is 25.5. The van der Waals surface area contributed by atoms with Crippen molar-refractivity contribution in [3.8, 4) is 0 Å². The molecule has 1 N–H and O–H groups in total. The van der Waals surface area contributed by atoms with Crippen LogP contribution in [-0.2, 0) is 9.53 Å². The molecule has 1 aliphatic carbocycles. The predicted molar refractivity (Wildman–Crippen MR) is 87.5 cm³/mol. The smallest absolute Gasteiger partial charge is 0.160 e. The van der Waals surface area contributed by atoms with E-state index in [0.717, 1.165) is 43.5 Å². The minimum atomic E-state index is -0.0958. The quantitative estimate of drug-likeness (QED) is 0.793. The van der Waals surface area contributed by atoms with E-state index in [4.69, 9.17) is 9.84 Å². The molecule has 4 nitrogen and oxygen atoms in total. The molecule has 1 heterocycles. The number of aliphatic hydroxyl groups excluding tert-OH is 1. The number of nitrogens with zero attached hydrogens (tertiary/aromatic N) is 1. The molecule has 0 aromatic rings. The highest BCUT2D eigenvalue weighted by atomic mass is 16.5. The van der Waals surface area contributed by atoms with Crippen LogP contribution in [0.4, 0.5) is 0 Å². The number of allylic oxidation sites excluding steroid dienone is 3. The number of hydrogen-bond acceptors (Lipinski definition) is 4. The molecule has 0 amide bonds. The van der Waals surface area contributed by atoms with E-state index in [1.54, 1.807) is 0 Å². The van der Waals surface area contributed by atoms with Crippen molar-refractivity contribution in [3.05, 3.63) is 23.4 Å². The van der Waals surface area contributed by atoms with Crippen LogP contribution in [0.2, 0.25) is 0 Å². The van der Waals surface area contributed by atoms with Gasteiger partial charge in [-0.05, 0) is 46.0 Å². The summed E-state index contributed by atoms with van der Waals surface area (Å²) in [5.74, 6) is 0.552. The summed E-state index contributed by atoms with van der Waals surface area (Å²) in [5.41, 5.74) is 3.24. The lowest BCUT2D eigenvalue weighted by Crippen LogP contribution is -2.40. The Balaban J connectivity index is 1.99. The number of ketones is 1. The van der Waals surface area contributed by atoms with Crippen molar-refractivity contribution < 1.29 is 14.6 Å². The number of rotatable bonds is 5. The van der Waals surface area contributed by atoms with Crippen LogP contribution in [0.5, 0.6) is 0 Å². The SMILES string of the molecule is C=C(C)C1CC(=O)C(C)=C(N2CCC(O[C@@H](C)CO)CC2)C1. The largest absolute Gasteiger partial charge is 0.394 e. The van der Waals surface area contributed by atoms with Gasteiger partial charge in [0.15, 0.2) is 5.78 Å². The van der Waals surface area contributed by atoms with E-state index in [1.165, 1.54) is 5.70 Å². The lowest BCUT2D eigenvalue weighted by atomic mass is 9.82. The number of carbonyl (C=O) groups is 1. The number of Topliss-reactive ketones (excluding diaryl/α,β-unsaturated/α-hetero) is 1. The summed E-state index contributed by atoms with van der Waals surface area (Å²) in [6.07, 6.45) is 3.57. The minimum absolute atomic E-state index is 0.0687. The topological polar surface area (TPSA) is 49.8 Å². The van der Waals surface area contributed by atoms with E-state index in [9.17, 15) is 4.79 Å². The summed E-state index contributed by atoms with van der Waals surface area (Å²) in [6, 6.07) is 0. The van der Waals surface area contributed by atoms with Crippen LogP contribution < -0.4 is 0 Å². The molecule has 0 radical (unpaired) electrons. The van der Waals surface area contributed by atoms with Gasteiger partial charge in [-0.25, -0.2) is 0 Å². The Morgan fingerprint density at radius 3 is 2.59 bits per heavy atom. The predicted octanol–water partition coefficient (Wildman–Crippen LogP) is 2.68. The van der Waals surface area contributed by atoms with E-state index in [2.05, 4.69) is 11.5 Å². The Morgan fingerprint density at radius 2 is 2.05 bits per heavy atom. The molecular formula is C18H29NO3. The summed E-state index contributed by atoms with van der Waals surface area (Å²) in [5, 5.41) is 9.08. The lowest BCUT2D eigenvalue weighted by Gasteiger charge is -2.39. The van der Waals surface area contributed by atoms with Gasteiger partial charge in [0.2, 0.25) is 0 Å². The van der Waals surface area contributed by atoms with Crippen LogP contribution in [0.1, 0.15) is 46.5 Å². The number of ether oxygens (including phenoxy) is 1. The van der Waals surface area contributed by atoms with E-state index in [0.29, 0.717) is 6.42 Å². The fraction of sp³-hybridized carbons (Fsp3) is 0.722. The van der Waals surface area contributed by atoms with Gasteiger partial charge in [-0.3, -0.25) is 4.79 Å². The van der Waals surface area contributed by atoms with Gasteiger partial charge in [-0.15, -0.1) is 0 Å². The average Bonchev–Trinajstić information content (AvgIpc) is 2.50. The molecule has 0 aromatic heterocycles. The Morgan fingerprint density at radius 1 is 1.41 bits per heavy atom. The second-order valence-corrected chi connectivity index (χ2v) is 6.76. The molecule has 22 heavy (non-hydrogen) atoms. The highest BCUT2D eigenvalue weighted by Gasteiger charge is 2.30.